The van der Waals surface area contributed by atoms with Gasteiger partial charge in [0.05, 0.1) is 0 Å². The van der Waals surface area contributed by atoms with Crippen LogP contribution in [0.4, 0.5) is 8.78 Å². The largest absolute Gasteiger partial charge is 0.230 e. The van der Waals surface area contributed by atoms with Crippen molar-refractivity contribution in [3.63, 3.8) is 0 Å². The predicted molar refractivity (Wildman–Crippen MR) is 60.9 cm³/mol. The van der Waals surface area contributed by atoms with Gasteiger partial charge in [0, 0.05) is 18.2 Å². The fourth-order valence-corrected chi connectivity index (χ4v) is 1.70. The third kappa shape index (κ3) is 2.06. The molecule has 0 saturated heterocycles. The van der Waals surface area contributed by atoms with Gasteiger partial charge in [-0.15, -0.1) is 0 Å². The van der Waals surface area contributed by atoms with Gasteiger partial charge >= 0.3 is 0 Å². The van der Waals surface area contributed by atoms with E-state index in [0.29, 0.717) is 11.3 Å². The van der Waals surface area contributed by atoms with Crippen molar-refractivity contribution in [2.75, 3.05) is 0 Å². The Bertz CT molecular complexity index is 580. The van der Waals surface area contributed by atoms with Gasteiger partial charge in [0.15, 0.2) is 6.20 Å². The zero-order valence-corrected chi connectivity index (χ0v) is 9.32. The number of hydrogen-bond donors (Lipinski definition) is 0. The second kappa shape index (κ2) is 4.41. The standard InChI is InChI=1S/C13H11F2N2/c1-3-9-8-11(14)16-13(15)12(9)10-6-4-5-7-17(10)2/h3-8H,1H2,2H3/q+1. The third-order valence-electron chi connectivity index (χ3n) is 2.51. The monoisotopic (exact) mass is 233 g/mol. The Morgan fingerprint density at radius 3 is 2.76 bits per heavy atom. The fourth-order valence-electron chi connectivity index (χ4n) is 1.70. The molecule has 86 valence electrons. The van der Waals surface area contributed by atoms with Crippen LogP contribution < -0.4 is 4.57 Å². The topological polar surface area (TPSA) is 16.8 Å². The summed E-state index contributed by atoms with van der Waals surface area (Å²) in [5.74, 6) is -1.68. The van der Waals surface area contributed by atoms with Crippen molar-refractivity contribution >= 4 is 6.08 Å². The molecule has 0 aliphatic heterocycles. The molecule has 0 N–H and O–H groups in total. The molecule has 0 unspecified atom stereocenters. The van der Waals surface area contributed by atoms with E-state index >= 15 is 0 Å². The molecule has 2 nitrogen and oxygen atoms in total. The van der Waals surface area contributed by atoms with Gasteiger partial charge in [-0.2, -0.15) is 13.8 Å². The van der Waals surface area contributed by atoms with Crippen LogP contribution >= 0.6 is 0 Å². The van der Waals surface area contributed by atoms with Gasteiger partial charge in [0.2, 0.25) is 17.6 Å². The highest BCUT2D eigenvalue weighted by Gasteiger charge is 2.19. The Kier molecular flexibility index (Phi) is 2.95. The van der Waals surface area contributed by atoms with Crippen molar-refractivity contribution in [1.29, 1.82) is 0 Å². The first-order valence-corrected chi connectivity index (χ1v) is 5.07. The summed E-state index contributed by atoms with van der Waals surface area (Å²) in [7, 11) is 1.78. The van der Waals surface area contributed by atoms with Gasteiger partial charge in [-0.05, 0) is 11.6 Å². The normalized spacial score (nSPS) is 10.3. The molecule has 0 amide bonds. The van der Waals surface area contributed by atoms with Crippen molar-refractivity contribution in [1.82, 2.24) is 4.98 Å². The molecule has 0 spiro atoms. The Labute approximate surface area is 97.9 Å². The molecule has 0 aromatic carbocycles. The van der Waals surface area contributed by atoms with Gasteiger partial charge in [-0.3, -0.25) is 0 Å². The molecule has 0 saturated carbocycles. The van der Waals surface area contributed by atoms with E-state index in [0.717, 1.165) is 0 Å². The number of aryl methyl sites for hydroxylation is 1. The number of aromatic nitrogens is 2. The van der Waals surface area contributed by atoms with Crippen LogP contribution in [0.1, 0.15) is 5.56 Å². The predicted octanol–water partition coefficient (Wildman–Crippen LogP) is 2.49. The SMILES string of the molecule is C=Cc1cc(F)nc(F)c1-c1cccc[n+]1C. The summed E-state index contributed by atoms with van der Waals surface area (Å²) in [6, 6.07) is 6.51. The van der Waals surface area contributed by atoms with Crippen LogP contribution in [0.3, 0.4) is 0 Å². The molecule has 0 bridgehead atoms. The fraction of sp³-hybridized carbons (Fsp3) is 0.0769. The molecule has 2 heterocycles. The van der Waals surface area contributed by atoms with Crippen LogP contribution in [0.2, 0.25) is 0 Å². The lowest BCUT2D eigenvalue weighted by Gasteiger charge is -2.05. The van der Waals surface area contributed by atoms with Crippen LogP contribution in [0.25, 0.3) is 17.3 Å². The van der Waals surface area contributed by atoms with E-state index in [2.05, 4.69) is 11.6 Å². The zero-order chi connectivity index (χ0) is 12.4. The lowest BCUT2D eigenvalue weighted by Crippen LogP contribution is -2.30. The Morgan fingerprint density at radius 1 is 1.35 bits per heavy atom. The van der Waals surface area contributed by atoms with Crippen LogP contribution in [-0.2, 0) is 7.05 Å². The first-order valence-electron chi connectivity index (χ1n) is 5.07. The van der Waals surface area contributed by atoms with E-state index in [9.17, 15) is 8.78 Å². The van der Waals surface area contributed by atoms with E-state index in [1.54, 1.807) is 29.9 Å². The maximum atomic E-state index is 13.8. The van der Waals surface area contributed by atoms with Gasteiger partial charge in [0.25, 0.3) is 0 Å². The summed E-state index contributed by atoms with van der Waals surface area (Å²) in [5, 5.41) is 0. The summed E-state index contributed by atoms with van der Waals surface area (Å²) >= 11 is 0. The first kappa shape index (κ1) is 11.4. The van der Waals surface area contributed by atoms with E-state index in [1.807, 2.05) is 6.07 Å². The Hall–Kier alpha value is -2.10. The molecule has 2 rings (SSSR count). The first-order chi connectivity index (χ1) is 8.13. The maximum Gasteiger partial charge on any atom is 0.230 e. The third-order valence-corrected chi connectivity index (χ3v) is 2.51. The Balaban J connectivity index is 2.75. The van der Waals surface area contributed by atoms with Gasteiger partial charge < -0.3 is 0 Å². The summed E-state index contributed by atoms with van der Waals surface area (Å²) in [5.41, 5.74) is 1.26. The van der Waals surface area contributed by atoms with E-state index in [-0.39, 0.29) is 5.56 Å². The average molecular weight is 233 g/mol. The highest BCUT2D eigenvalue weighted by Crippen LogP contribution is 2.24. The zero-order valence-electron chi connectivity index (χ0n) is 9.32. The number of halogens is 2. The van der Waals surface area contributed by atoms with E-state index in [4.69, 9.17) is 0 Å². The minimum atomic E-state index is -0.847. The minimum absolute atomic E-state index is 0.254. The molecule has 0 aliphatic rings. The smallest absolute Gasteiger partial charge is 0.201 e. The number of nitrogens with zero attached hydrogens (tertiary/aromatic N) is 2. The highest BCUT2D eigenvalue weighted by atomic mass is 19.1. The summed E-state index contributed by atoms with van der Waals surface area (Å²) in [4.78, 5) is 3.21. The molecule has 4 heteroatoms. The van der Waals surface area contributed by atoms with Crippen LogP contribution in [-0.4, -0.2) is 4.98 Å². The Morgan fingerprint density at radius 2 is 2.12 bits per heavy atom. The van der Waals surface area contributed by atoms with Crippen LogP contribution in [0.15, 0.2) is 37.0 Å². The van der Waals surface area contributed by atoms with Crippen molar-refractivity contribution in [3.05, 3.63) is 54.5 Å². The molecule has 2 aromatic rings. The van der Waals surface area contributed by atoms with E-state index < -0.39 is 11.9 Å². The molecule has 2 aromatic heterocycles. The molecular weight excluding hydrogens is 222 g/mol. The molecule has 0 atom stereocenters. The maximum absolute atomic E-state index is 13.8. The second-order valence-electron chi connectivity index (χ2n) is 3.60. The van der Waals surface area contributed by atoms with Crippen molar-refractivity contribution in [3.8, 4) is 11.3 Å². The average Bonchev–Trinajstić information content (AvgIpc) is 2.29. The molecule has 0 radical (unpaired) electrons. The summed E-state index contributed by atoms with van der Waals surface area (Å²) in [6.45, 7) is 3.56. The number of pyridine rings is 2. The van der Waals surface area contributed by atoms with Crippen molar-refractivity contribution in [2.24, 2.45) is 7.05 Å². The van der Waals surface area contributed by atoms with Crippen molar-refractivity contribution < 1.29 is 13.3 Å². The highest BCUT2D eigenvalue weighted by molar-refractivity contribution is 5.70. The lowest BCUT2D eigenvalue weighted by molar-refractivity contribution is -0.660. The van der Waals surface area contributed by atoms with Gasteiger partial charge in [-0.1, -0.05) is 12.7 Å². The number of rotatable bonds is 2. The van der Waals surface area contributed by atoms with Gasteiger partial charge in [0.1, 0.15) is 12.6 Å². The molecular formula is C13H11F2N2+. The summed E-state index contributed by atoms with van der Waals surface area (Å²) in [6.07, 6.45) is 3.20. The van der Waals surface area contributed by atoms with E-state index in [1.165, 1.54) is 12.1 Å². The molecule has 0 aliphatic carbocycles. The van der Waals surface area contributed by atoms with Crippen LogP contribution in [0.5, 0.6) is 0 Å². The number of hydrogen-bond acceptors (Lipinski definition) is 1. The second-order valence-corrected chi connectivity index (χ2v) is 3.60. The van der Waals surface area contributed by atoms with Gasteiger partial charge in [-0.25, -0.2) is 4.57 Å². The summed E-state index contributed by atoms with van der Waals surface area (Å²) < 4.78 is 28.5. The van der Waals surface area contributed by atoms with Crippen LogP contribution in [0, 0.1) is 11.9 Å². The molecule has 0 fully saturated rings. The lowest BCUT2D eigenvalue weighted by atomic mass is 10.1. The molecule has 17 heavy (non-hydrogen) atoms. The van der Waals surface area contributed by atoms with Crippen molar-refractivity contribution in [2.45, 2.75) is 0 Å². The minimum Gasteiger partial charge on any atom is -0.201 e. The quantitative estimate of drug-likeness (QED) is 0.575.